The zero-order valence-electron chi connectivity index (χ0n) is 20.1. The second-order valence-corrected chi connectivity index (χ2v) is 7.79. The first-order chi connectivity index (χ1) is 17.5. The Kier molecular flexibility index (Phi) is 7.50. The van der Waals surface area contributed by atoms with Gasteiger partial charge < -0.3 is 29.1 Å². The summed E-state index contributed by atoms with van der Waals surface area (Å²) in [6, 6.07) is 15.9. The first-order valence-electron chi connectivity index (χ1n) is 11.1. The molecule has 0 saturated carbocycles. The van der Waals surface area contributed by atoms with Crippen LogP contribution < -0.4 is 20.1 Å². The van der Waals surface area contributed by atoms with Crippen molar-refractivity contribution >= 4 is 17.9 Å². The smallest absolute Gasteiger partial charge is 0.268 e. The lowest BCUT2D eigenvalue weighted by molar-refractivity contribution is -0.117. The maximum atomic E-state index is 13.0. The Balaban J connectivity index is 1.48. The highest BCUT2D eigenvalue weighted by Crippen LogP contribution is 2.27. The Morgan fingerprint density at radius 1 is 1.06 bits per heavy atom. The molecule has 4 rings (SSSR count). The molecule has 2 aromatic carbocycles. The van der Waals surface area contributed by atoms with E-state index in [0.29, 0.717) is 22.8 Å². The Morgan fingerprint density at radius 2 is 1.83 bits per heavy atom. The van der Waals surface area contributed by atoms with Gasteiger partial charge in [0.05, 0.1) is 20.5 Å². The van der Waals surface area contributed by atoms with Crippen molar-refractivity contribution < 1.29 is 23.5 Å². The summed E-state index contributed by atoms with van der Waals surface area (Å²) in [7, 11) is 3.00. The molecule has 0 fully saturated rings. The molecule has 9 nitrogen and oxygen atoms in total. The number of hydrogen-bond donors (Lipinski definition) is 2. The van der Waals surface area contributed by atoms with E-state index >= 15 is 0 Å². The molecule has 0 aliphatic rings. The van der Waals surface area contributed by atoms with Crippen molar-refractivity contribution in [2.45, 2.75) is 13.5 Å². The van der Waals surface area contributed by atoms with Gasteiger partial charge in [-0.05, 0) is 55.0 Å². The van der Waals surface area contributed by atoms with Crippen molar-refractivity contribution in [3.63, 3.8) is 0 Å². The summed E-state index contributed by atoms with van der Waals surface area (Å²) in [4.78, 5) is 30.2. The molecule has 0 atom stereocenters. The maximum absolute atomic E-state index is 13.0. The molecular weight excluding hydrogens is 460 g/mol. The van der Waals surface area contributed by atoms with Gasteiger partial charge in [-0.3, -0.25) is 9.59 Å². The molecule has 0 bridgehead atoms. The number of nitrogens with one attached hydrogen (secondary N) is 2. The van der Waals surface area contributed by atoms with E-state index < -0.39 is 11.8 Å². The molecule has 184 valence electrons. The highest BCUT2D eigenvalue weighted by molar-refractivity contribution is 6.05. The summed E-state index contributed by atoms with van der Waals surface area (Å²) >= 11 is 0. The lowest BCUT2D eigenvalue weighted by Crippen LogP contribution is -2.34. The summed E-state index contributed by atoms with van der Waals surface area (Å²) in [5.41, 5.74) is 2.21. The fraction of sp³-hybridized carbons (Fsp3) is 0.148. The highest BCUT2D eigenvalue weighted by atomic mass is 16.5. The number of amides is 2. The predicted octanol–water partition coefficient (Wildman–Crippen LogP) is 3.88. The van der Waals surface area contributed by atoms with Crippen LogP contribution in [0.25, 0.3) is 11.8 Å². The van der Waals surface area contributed by atoms with E-state index in [1.807, 2.05) is 42.0 Å². The molecule has 0 spiro atoms. The number of rotatable bonds is 9. The van der Waals surface area contributed by atoms with Crippen LogP contribution in [0.5, 0.6) is 11.5 Å². The van der Waals surface area contributed by atoms with Crippen LogP contribution in [-0.2, 0) is 11.3 Å². The van der Waals surface area contributed by atoms with Crippen LogP contribution in [0.15, 0.2) is 83.4 Å². The van der Waals surface area contributed by atoms with E-state index in [4.69, 9.17) is 13.9 Å². The maximum Gasteiger partial charge on any atom is 0.268 e. The minimum absolute atomic E-state index is 0.0374. The Hall–Kier alpha value is -4.79. The topological polar surface area (TPSA) is 108 Å². The lowest BCUT2D eigenvalue weighted by atomic mass is 10.1. The number of benzene rings is 2. The molecule has 2 aromatic heterocycles. The normalized spacial score (nSPS) is 11.1. The first kappa shape index (κ1) is 24.3. The molecule has 36 heavy (non-hydrogen) atoms. The lowest BCUT2D eigenvalue weighted by Gasteiger charge is -2.13. The van der Waals surface area contributed by atoms with Crippen molar-refractivity contribution in [3.05, 3.63) is 102 Å². The zero-order valence-corrected chi connectivity index (χ0v) is 20.1. The van der Waals surface area contributed by atoms with Crippen LogP contribution in [0.3, 0.4) is 0 Å². The van der Waals surface area contributed by atoms with Gasteiger partial charge in [0.2, 0.25) is 0 Å². The number of hydrogen-bond acceptors (Lipinski definition) is 6. The van der Waals surface area contributed by atoms with Crippen LogP contribution in [0.1, 0.15) is 27.5 Å². The summed E-state index contributed by atoms with van der Waals surface area (Å²) in [5.74, 6) is 1.26. The largest absolute Gasteiger partial charge is 0.493 e. The molecule has 2 heterocycles. The molecule has 0 saturated heterocycles. The van der Waals surface area contributed by atoms with Gasteiger partial charge in [-0.2, -0.15) is 0 Å². The summed E-state index contributed by atoms with van der Waals surface area (Å²) in [6.45, 7) is 2.20. The quantitative estimate of drug-likeness (QED) is 0.348. The van der Waals surface area contributed by atoms with E-state index in [1.165, 1.54) is 26.6 Å². The first-order valence-corrected chi connectivity index (χ1v) is 11.1. The number of nitrogens with zero attached hydrogens (tertiary/aromatic N) is 2. The highest BCUT2D eigenvalue weighted by Gasteiger charge is 2.17. The third-order valence-corrected chi connectivity index (χ3v) is 5.46. The van der Waals surface area contributed by atoms with Crippen LogP contribution in [-0.4, -0.2) is 35.6 Å². The average Bonchev–Trinajstić information content (AvgIpc) is 3.58. The molecule has 2 N–H and O–H groups in total. The number of methoxy groups -OCH3 is 2. The molecule has 9 heteroatoms. The zero-order chi connectivity index (χ0) is 25.5. The number of ether oxygens (including phenoxy) is 2. The minimum Gasteiger partial charge on any atom is -0.493 e. The van der Waals surface area contributed by atoms with Crippen molar-refractivity contribution in [2.75, 3.05) is 14.2 Å². The number of aromatic nitrogens is 2. The van der Waals surface area contributed by atoms with Crippen LogP contribution in [0, 0.1) is 6.92 Å². The van der Waals surface area contributed by atoms with Crippen LogP contribution in [0.4, 0.5) is 0 Å². The monoisotopic (exact) mass is 486 g/mol. The van der Waals surface area contributed by atoms with E-state index in [1.54, 1.807) is 36.5 Å². The van der Waals surface area contributed by atoms with Crippen LogP contribution >= 0.6 is 0 Å². The molecular formula is C27H26N4O5. The molecule has 0 aliphatic carbocycles. The second-order valence-electron chi connectivity index (χ2n) is 7.79. The number of carbonyl (C=O) groups excluding carboxylic acids is 2. The van der Waals surface area contributed by atoms with Gasteiger partial charge in [-0.25, -0.2) is 4.98 Å². The molecule has 4 aromatic rings. The number of furan rings is 1. The fourth-order valence-corrected chi connectivity index (χ4v) is 3.55. The minimum atomic E-state index is -0.482. The fourth-order valence-electron chi connectivity index (χ4n) is 3.55. The number of imidazole rings is 1. The van der Waals surface area contributed by atoms with Gasteiger partial charge in [-0.1, -0.05) is 12.1 Å². The molecule has 0 radical (unpaired) electrons. The second kappa shape index (κ2) is 11.1. The Bertz CT molecular complexity index is 1370. The van der Waals surface area contributed by atoms with Gasteiger partial charge >= 0.3 is 0 Å². The van der Waals surface area contributed by atoms with Crippen molar-refractivity contribution in [1.82, 2.24) is 20.2 Å². The third-order valence-electron chi connectivity index (χ3n) is 5.46. The number of carbonyl (C=O) groups is 2. The number of aryl methyl sites for hydroxylation is 1. The van der Waals surface area contributed by atoms with Crippen molar-refractivity contribution in [1.29, 1.82) is 0 Å². The van der Waals surface area contributed by atoms with Gasteiger partial charge in [0, 0.05) is 36.3 Å². The summed E-state index contributed by atoms with van der Waals surface area (Å²) < 4.78 is 17.8. The van der Waals surface area contributed by atoms with Crippen molar-refractivity contribution in [3.8, 4) is 17.2 Å². The van der Waals surface area contributed by atoms with Gasteiger partial charge in [0.1, 0.15) is 17.3 Å². The molecule has 0 aliphatic heterocycles. The average molecular weight is 487 g/mol. The van der Waals surface area contributed by atoms with Gasteiger partial charge in [0.25, 0.3) is 11.8 Å². The Morgan fingerprint density at radius 3 is 2.47 bits per heavy atom. The van der Waals surface area contributed by atoms with Crippen molar-refractivity contribution in [2.24, 2.45) is 0 Å². The van der Waals surface area contributed by atoms with Gasteiger partial charge in [-0.15, -0.1) is 0 Å². The third kappa shape index (κ3) is 5.64. The molecule has 0 unspecified atom stereocenters. The summed E-state index contributed by atoms with van der Waals surface area (Å²) in [5, 5.41) is 5.52. The van der Waals surface area contributed by atoms with Crippen LogP contribution in [0.2, 0.25) is 0 Å². The SMILES string of the molecule is COc1ccc(C(=O)N/C(=C\c2ccco2)C(=O)NCc2ccc(-n3ccnc3C)cc2)cc1OC. The summed E-state index contributed by atoms with van der Waals surface area (Å²) in [6.07, 6.45) is 6.59. The Labute approximate surface area is 208 Å². The van der Waals surface area contributed by atoms with E-state index in [0.717, 1.165) is 17.1 Å². The van der Waals surface area contributed by atoms with Gasteiger partial charge in [0.15, 0.2) is 11.5 Å². The predicted molar refractivity (Wildman–Crippen MR) is 134 cm³/mol. The van der Waals surface area contributed by atoms with E-state index in [-0.39, 0.29) is 12.2 Å². The van der Waals surface area contributed by atoms with E-state index in [2.05, 4.69) is 15.6 Å². The molecule has 2 amide bonds. The standard InChI is InChI=1S/C27H26N4O5/c1-18-28-12-13-31(18)21-9-6-19(7-10-21)17-29-27(33)23(16-22-5-4-14-36-22)30-26(32)20-8-11-24(34-2)25(15-20)35-3/h4-16H,17H2,1-3H3,(H,29,33)(H,30,32)/b23-16-. The van der Waals surface area contributed by atoms with E-state index in [9.17, 15) is 9.59 Å².